The van der Waals surface area contributed by atoms with E-state index in [1.807, 2.05) is 34.5 Å². The molecule has 0 saturated heterocycles. The Balaban J connectivity index is 0. The molecular formula is C14H23SiTa-2. The molecule has 0 aromatic heterocycles. The van der Waals surface area contributed by atoms with Crippen molar-refractivity contribution in [3.8, 4) is 0 Å². The molecule has 0 spiro atoms. The van der Waals surface area contributed by atoms with Gasteiger partial charge in [-0.3, -0.25) is 12.2 Å². The normalized spacial score (nSPS) is 14.8. The van der Waals surface area contributed by atoms with Crippen LogP contribution in [-0.2, 0) is 22.4 Å². The van der Waals surface area contributed by atoms with Crippen molar-refractivity contribution in [1.29, 1.82) is 0 Å². The Morgan fingerprint density at radius 3 is 1.31 bits per heavy atom. The van der Waals surface area contributed by atoms with Gasteiger partial charge in [0, 0.05) is 10.2 Å². The van der Waals surface area contributed by atoms with Gasteiger partial charge in [-0.25, -0.2) is 24.3 Å². The maximum atomic E-state index is 2.99. The minimum atomic E-state index is 0. The third-order valence-corrected chi connectivity index (χ3v) is 1.17. The second kappa shape index (κ2) is 11.4. The fraction of sp³-hybridized carbons (Fsp3) is 0.429. The molecule has 0 aromatic carbocycles. The topological polar surface area (TPSA) is 0 Å². The van der Waals surface area contributed by atoms with Crippen molar-refractivity contribution in [3.63, 3.8) is 0 Å². The zero-order valence-corrected chi connectivity index (χ0v) is 16.2. The van der Waals surface area contributed by atoms with Crippen molar-refractivity contribution in [2.45, 2.75) is 38.7 Å². The maximum absolute atomic E-state index is 2.99. The molecule has 0 aromatic rings. The molecule has 16 heavy (non-hydrogen) atoms. The summed E-state index contributed by atoms with van der Waals surface area (Å²) in [4.78, 5) is 0. The van der Waals surface area contributed by atoms with E-state index in [0.29, 0.717) is 5.04 Å². The summed E-state index contributed by atoms with van der Waals surface area (Å²) in [7, 11) is 2.01. The first-order chi connectivity index (χ1) is 7.00. The Morgan fingerprint density at radius 2 is 1.25 bits per heavy atom. The first-order valence-corrected chi connectivity index (χ1v) is 5.99. The molecule has 0 nitrogen and oxygen atoms in total. The molecule has 0 aliphatic heterocycles. The van der Waals surface area contributed by atoms with E-state index in [1.165, 1.54) is 0 Å². The molecule has 2 heteroatoms. The van der Waals surface area contributed by atoms with E-state index < -0.39 is 0 Å². The number of hydrogen-bond donors (Lipinski definition) is 0. The first kappa shape index (κ1) is 18.3. The zero-order valence-electron chi connectivity index (χ0n) is 10.7. The minimum absolute atomic E-state index is 0. The molecule has 2 aliphatic carbocycles. The summed E-state index contributed by atoms with van der Waals surface area (Å²) in [6.45, 7) is 6.60. The molecule has 2 rings (SSSR count). The number of allylic oxidation sites excluding steroid dienone is 8. The van der Waals surface area contributed by atoms with Gasteiger partial charge in [0.1, 0.15) is 0 Å². The van der Waals surface area contributed by atoms with Gasteiger partial charge in [-0.15, -0.1) is 12.8 Å². The van der Waals surface area contributed by atoms with Gasteiger partial charge >= 0.3 is 22.4 Å². The molecule has 0 heterocycles. The van der Waals surface area contributed by atoms with Gasteiger partial charge in [0.25, 0.3) is 0 Å². The average molecular weight is 400 g/mol. The first-order valence-electron chi connectivity index (χ1n) is 5.29. The van der Waals surface area contributed by atoms with Crippen LogP contribution in [0.3, 0.4) is 0 Å². The summed E-state index contributed by atoms with van der Waals surface area (Å²) in [5.74, 6) is 0. The van der Waals surface area contributed by atoms with Crippen LogP contribution in [0.2, 0.25) is 5.04 Å². The van der Waals surface area contributed by atoms with E-state index in [0.717, 1.165) is 12.8 Å². The quantitative estimate of drug-likeness (QED) is 0.433. The predicted molar refractivity (Wildman–Crippen MR) is 74.2 cm³/mol. The van der Waals surface area contributed by atoms with Crippen LogP contribution >= 0.6 is 0 Å². The Kier molecular flexibility index (Phi) is 13.0. The van der Waals surface area contributed by atoms with Gasteiger partial charge in [0.2, 0.25) is 0 Å². The van der Waals surface area contributed by atoms with Crippen molar-refractivity contribution >= 4 is 10.2 Å². The van der Waals surface area contributed by atoms with Crippen LogP contribution in [0.4, 0.5) is 0 Å². The second-order valence-corrected chi connectivity index (χ2v) is 6.69. The van der Waals surface area contributed by atoms with Crippen molar-refractivity contribution in [3.05, 3.63) is 48.6 Å². The molecule has 0 amide bonds. The Hall–Kier alpha value is -0.0829. The van der Waals surface area contributed by atoms with Crippen LogP contribution in [0.1, 0.15) is 33.6 Å². The summed E-state index contributed by atoms with van der Waals surface area (Å²) in [6, 6.07) is 0. The van der Waals surface area contributed by atoms with E-state index >= 15 is 0 Å². The second-order valence-electron chi connectivity index (χ2n) is 4.57. The molecular weight excluding hydrogens is 377 g/mol. The van der Waals surface area contributed by atoms with Gasteiger partial charge in [-0.2, -0.15) is 12.2 Å². The monoisotopic (exact) mass is 400 g/mol. The standard InChI is InChI=1S/2C5H5.C4H11Si.Ta.2H/c2*1-2-4-5-3-1;1-4(2,3)5;;;/h2*1-3H,4H2;5H2,1-3H3;;;/q2*-1;;;;. The molecule has 0 atom stereocenters. The van der Waals surface area contributed by atoms with Crippen LogP contribution in [-0.4, -0.2) is 10.2 Å². The molecule has 90 valence electrons. The van der Waals surface area contributed by atoms with Gasteiger partial charge in [-0.05, 0) is 0 Å². The van der Waals surface area contributed by atoms with Crippen LogP contribution < -0.4 is 0 Å². The molecule has 0 fully saturated rings. The Morgan fingerprint density at radius 1 is 0.938 bits per heavy atom. The van der Waals surface area contributed by atoms with E-state index in [2.05, 4.69) is 45.1 Å². The van der Waals surface area contributed by atoms with Crippen molar-refractivity contribution in [2.24, 2.45) is 0 Å². The van der Waals surface area contributed by atoms with Gasteiger partial charge in [0.15, 0.2) is 0 Å². The van der Waals surface area contributed by atoms with Crippen LogP contribution in [0.15, 0.2) is 36.5 Å². The van der Waals surface area contributed by atoms with Gasteiger partial charge in [0.05, 0.1) is 0 Å². The van der Waals surface area contributed by atoms with E-state index in [1.54, 1.807) is 0 Å². The summed E-state index contributed by atoms with van der Waals surface area (Å²) >= 11 is 0. The molecule has 0 N–H and O–H groups in total. The van der Waals surface area contributed by atoms with Gasteiger partial charge < -0.3 is 0 Å². The predicted octanol–water partition coefficient (Wildman–Crippen LogP) is 2.91. The average Bonchev–Trinajstić information content (AvgIpc) is 2.81. The Bertz CT molecular complexity index is 206. The van der Waals surface area contributed by atoms with Crippen molar-refractivity contribution < 1.29 is 22.4 Å². The summed E-state index contributed by atoms with van der Waals surface area (Å²) in [5.41, 5.74) is 0. The number of hydrogen-bond acceptors (Lipinski definition) is 0. The van der Waals surface area contributed by atoms with Gasteiger partial charge in [-0.1, -0.05) is 25.8 Å². The van der Waals surface area contributed by atoms with E-state index in [9.17, 15) is 0 Å². The third kappa shape index (κ3) is 23.6. The van der Waals surface area contributed by atoms with Crippen LogP contribution in [0.25, 0.3) is 0 Å². The molecule has 0 bridgehead atoms. The molecule has 0 unspecified atom stereocenters. The molecule has 0 saturated carbocycles. The summed E-state index contributed by atoms with van der Waals surface area (Å²) < 4.78 is 0. The van der Waals surface area contributed by atoms with E-state index in [4.69, 9.17) is 0 Å². The fourth-order valence-electron chi connectivity index (χ4n) is 0.680. The summed E-state index contributed by atoms with van der Waals surface area (Å²) in [6.07, 6.45) is 20.0. The SMILES string of the molecule is CC(C)(C)[SiH2].[C-]1=CC=CC1.[C-]1=CC=CC1.[TaH2]. The van der Waals surface area contributed by atoms with Crippen LogP contribution in [0, 0.1) is 12.2 Å². The molecule has 2 aliphatic rings. The zero-order chi connectivity index (χ0) is 11.6. The van der Waals surface area contributed by atoms with Crippen molar-refractivity contribution in [2.75, 3.05) is 0 Å². The summed E-state index contributed by atoms with van der Waals surface area (Å²) in [5, 5.41) is 0.528. The number of rotatable bonds is 0. The van der Waals surface area contributed by atoms with E-state index in [-0.39, 0.29) is 22.4 Å². The Labute approximate surface area is 120 Å². The third-order valence-electron chi connectivity index (χ3n) is 1.17. The van der Waals surface area contributed by atoms with Crippen molar-refractivity contribution in [1.82, 2.24) is 0 Å². The fourth-order valence-corrected chi connectivity index (χ4v) is 0.680. The van der Waals surface area contributed by atoms with Crippen LogP contribution in [0.5, 0.6) is 0 Å². The molecule has 2 radical (unpaired) electrons.